The van der Waals surface area contributed by atoms with E-state index >= 15 is 0 Å². The van der Waals surface area contributed by atoms with Crippen LogP contribution in [0.25, 0.3) is 0 Å². The fourth-order valence-electron chi connectivity index (χ4n) is 3.40. The van der Waals surface area contributed by atoms with Gasteiger partial charge in [0.25, 0.3) is 0 Å². The molecule has 0 saturated carbocycles. The number of esters is 1. The first-order chi connectivity index (χ1) is 12.8. The standard InChI is InChI=1S/C21H43NO4S/c1-5-6-7-8-9-10-11-12-13-14-15-16-17-18-21(26-20(3)23)19(2)22-27(4,24)25/h19,21-22H,5-18H2,1-4H3/t19-,21-/m0/s1. The highest BCUT2D eigenvalue weighted by Crippen LogP contribution is 2.15. The maximum Gasteiger partial charge on any atom is 0.302 e. The van der Waals surface area contributed by atoms with Crippen LogP contribution >= 0.6 is 0 Å². The van der Waals surface area contributed by atoms with Crippen molar-refractivity contribution in [1.82, 2.24) is 4.72 Å². The molecule has 5 nitrogen and oxygen atoms in total. The molecule has 0 saturated heterocycles. The molecule has 0 unspecified atom stereocenters. The molecule has 0 rings (SSSR count). The minimum absolute atomic E-state index is 0.364. The van der Waals surface area contributed by atoms with Crippen molar-refractivity contribution in [2.24, 2.45) is 0 Å². The van der Waals surface area contributed by atoms with Gasteiger partial charge in [-0.25, -0.2) is 13.1 Å². The van der Waals surface area contributed by atoms with Gasteiger partial charge in [0.05, 0.1) is 12.3 Å². The molecule has 0 radical (unpaired) electrons. The molecule has 1 N–H and O–H groups in total. The van der Waals surface area contributed by atoms with Gasteiger partial charge in [0.1, 0.15) is 6.10 Å². The Morgan fingerprint density at radius 1 is 0.852 bits per heavy atom. The van der Waals surface area contributed by atoms with Gasteiger partial charge >= 0.3 is 5.97 Å². The van der Waals surface area contributed by atoms with E-state index in [1.165, 1.54) is 77.6 Å². The first-order valence-corrected chi connectivity index (χ1v) is 12.8. The van der Waals surface area contributed by atoms with Crippen molar-refractivity contribution in [2.75, 3.05) is 6.26 Å². The molecule has 6 heteroatoms. The lowest BCUT2D eigenvalue weighted by Gasteiger charge is -2.23. The monoisotopic (exact) mass is 405 g/mol. The lowest BCUT2D eigenvalue weighted by atomic mass is 10.0. The molecule has 0 heterocycles. The van der Waals surface area contributed by atoms with E-state index in [1.807, 2.05) is 0 Å². The Morgan fingerprint density at radius 3 is 1.63 bits per heavy atom. The fourth-order valence-corrected chi connectivity index (χ4v) is 4.23. The van der Waals surface area contributed by atoms with Crippen LogP contribution < -0.4 is 4.72 Å². The molecule has 0 aliphatic heterocycles. The second kappa shape index (κ2) is 16.3. The number of carbonyl (C=O) groups is 1. The lowest BCUT2D eigenvalue weighted by molar-refractivity contribution is -0.147. The number of hydrogen-bond acceptors (Lipinski definition) is 4. The Bertz CT molecular complexity index is 465. The number of rotatable bonds is 18. The summed E-state index contributed by atoms with van der Waals surface area (Å²) in [5, 5.41) is 0. The molecule has 27 heavy (non-hydrogen) atoms. The summed E-state index contributed by atoms with van der Waals surface area (Å²) in [6.07, 6.45) is 18.1. The van der Waals surface area contributed by atoms with Gasteiger partial charge in [0, 0.05) is 6.92 Å². The van der Waals surface area contributed by atoms with E-state index in [-0.39, 0.29) is 5.97 Å². The zero-order chi connectivity index (χ0) is 20.5. The summed E-state index contributed by atoms with van der Waals surface area (Å²) in [5.41, 5.74) is 0. The first kappa shape index (κ1) is 26.4. The van der Waals surface area contributed by atoms with Gasteiger partial charge in [-0.2, -0.15) is 0 Å². The van der Waals surface area contributed by atoms with Crippen LogP contribution in [0.4, 0.5) is 0 Å². The molecule has 0 aliphatic carbocycles. The van der Waals surface area contributed by atoms with E-state index in [0.29, 0.717) is 6.42 Å². The molecule has 0 aromatic rings. The average molecular weight is 406 g/mol. The molecule has 0 bridgehead atoms. The van der Waals surface area contributed by atoms with Crippen LogP contribution in [0.5, 0.6) is 0 Å². The molecule has 2 atom stereocenters. The average Bonchev–Trinajstić information content (AvgIpc) is 2.56. The minimum Gasteiger partial charge on any atom is -0.461 e. The third-order valence-electron chi connectivity index (χ3n) is 4.87. The predicted molar refractivity (Wildman–Crippen MR) is 113 cm³/mol. The molecule has 0 aromatic heterocycles. The number of hydrogen-bond donors (Lipinski definition) is 1. The Labute approximate surface area is 168 Å². The molecule has 0 aliphatic rings. The van der Waals surface area contributed by atoms with Gasteiger partial charge in [-0.1, -0.05) is 84.0 Å². The van der Waals surface area contributed by atoms with E-state index in [0.717, 1.165) is 19.1 Å². The third kappa shape index (κ3) is 18.5. The van der Waals surface area contributed by atoms with Crippen molar-refractivity contribution in [3.05, 3.63) is 0 Å². The van der Waals surface area contributed by atoms with E-state index < -0.39 is 22.2 Å². The SMILES string of the molecule is CCCCCCCCCCCCCCC[C@H](OC(C)=O)[C@H](C)NS(C)(=O)=O. The van der Waals surface area contributed by atoms with Gasteiger partial charge in [-0.05, 0) is 19.8 Å². The maximum atomic E-state index is 11.4. The van der Waals surface area contributed by atoms with Gasteiger partial charge in [-0.3, -0.25) is 4.79 Å². The number of unbranched alkanes of at least 4 members (excludes halogenated alkanes) is 12. The zero-order valence-electron chi connectivity index (χ0n) is 18.1. The molecular weight excluding hydrogens is 362 g/mol. The van der Waals surface area contributed by atoms with Crippen LogP contribution in [0.15, 0.2) is 0 Å². The summed E-state index contributed by atoms with van der Waals surface area (Å²) in [6, 6.07) is -0.402. The van der Waals surface area contributed by atoms with E-state index in [9.17, 15) is 13.2 Å². The highest BCUT2D eigenvalue weighted by molar-refractivity contribution is 7.88. The summed E-state index contributed by atoms with van der Waals surface area (Å²) < 4.78 is 30.6. The van der Waals surface area contributed by atoms with Gasteiger partial charge in [0.2, 0.25) is 10.0 Å². The Hall–Kier alpha value is -0.620. The normalized spacial score (nSPS) is 14.1. The van der Waals surface area contributed by atoms with Crippen molar-refractivity contribution < 1.29 is 17.9 Å². The van der Waals surface area contributed by atoms with Crippen molar-refractivity contribution in [3.63, 3.8) is 0 Å². The summed E-state index contributed by atoms with van der Waals surface area (Å²) in [6.45, 7) is 5.37. The second-order valence-corrected chi connectivity index (χ2v) is 9.64. The van der Waals surface area contributed by atoms with Crippen LogP contribution in [0, 0.1) is 0 Å². The van der Waals surface area contributed by atoms with Crippen molar-refractivity contribution in [3.8, 4) is 0 Å². The van der Waals surface area contributed by atoms with Crippen LogP contribution in [0.2, 0.25) is 0 Å². The number of sulfonamides is 1. The van der Waals surface area contributed by atoms with Gasteiger partial charge in [0.15, 0.2) is 0 Å². The number of nitrogens with one attached hydrogen (secondary N) is 1. The van der Waals surface area contributed by atoms with E-state index in [1.54, 1.807) is 6.92 Å². The summed E-state index contributed by atoms with van der Waals surface area (Å²) in [5.74, 6) is -0.364. The summed E-state index contributed by atoms with van der Waals surface area (Å²) >= 11 is 0. The van der Waals surface area contributed by atoms with Crippen LogP contribution in [-0.2, 0) is 19.6 Å². The largest absolute Gasteiger partial charge is 0.461 e. The Balaban J connectivity index is 3.72. The first-order valence-electron chi connectivity index (χ1n) is 10.9. The zero-order valence-corrected chi connectivity index (χ0v) is 18.9. The topological polar surface area (TPSA) is 72.5 Å². The summed E-state index contributed by atoms with van der Waals surface area (Å²) in [4.78, 5) is 11.3. The molecule has 0 spiro atoms. The van der Waals surface area contributed by atoms with Crippen LogP contribution in [0.1, 0.15) is 111 Å². The minimum atomic E-state index is -3.30. The smallest absolute Gasteiger partial charge is 0.302 e. The predicted octanol–water partition coefficient (Wildman–Crippen LogP) is 5.34. The third-order valence-corrected chi connectivity index (χ3v) is 5.67. The van der Waals surface area contributed by atoms with Crippen LogP contribution in [0.3, 0.4) is 0 Å². The Kier molecular flexibility index (Phi) is 16.0. The van der Waals surface area contributed by atoms with Crippen molar-refractivity contribution in [2.45, 2.75) is 123 Å². The molecule has 0 aromatic carbocycles. The van der Waals surface area contributed by atoms with Gasteiger partial charge < -0.3 is 4.74 Å². The fraction of sp³-hybridized carbons (Fsp3) is 0.952. The Morgan fingerprint density at radius 2 is 1.26 bits per heavy atom. The van der Waals surface area contributed by atoms with E-state index in [2.05, 4.69) is 11.6 Å². The van der Waals surface area contributed by atoms with Crippen molar-refractivity contribution >= 4 is 16.0 Å². The highest BCUT2D eigenvalue weighted by Gasteiger charge is 2.22. The van der Waals surface area contributed by atoms with Crippen LogP contribution in [-0.4, -0.2) is 32.8 Å². The summed E-state index contributed by atoms with van der Waals surface area (Å²) in [7, 11) is -3.30. The second-order valence-electron chi connectivity index (χ2n) is 7.86. The highest BCUT2D eigenvalue weighted by atomic mass is 32.2. The quantitative estimate of drug-likeness (QED) is 0.247. The number of ether oxygens (including phenoxy) is 1. The van der Waals surface area contributed by atoms with E-state index in [4.69, 9.17) is 4.74 Å². The molecular formula is C21H43NO4S. The molecule has 0 amide bonds. The maximum absolute atomic E-state index is 11.4. The molecule has 0 fully saturated rings. The lowest BCUT2D eigenvalue weighted by Crippen LogP contribution is -2.42. The number of carbonyl (C=O) groups excluding carboxylic acids is 1. The van der Waals surface area contributed by atoms with Crippen molar-refractivity contribution in [1.29, 1.82) is 0 Å². The molecule has 162 valence electrons. The van der Waals surface area contributed by atoms with Gasteiger partial charge in [-0.15, -0.1) is 0 Å².